The molecule has 5 heteroatoms. The van der Waals surface area contributed by atoms with Crippen molar-refractivity contribution in [3.63, 3.8) is 0 Å². The first-order chi connectivity index (χ1) is 12.3. The Bertz CT molecular complexity index is 469. The molecule has 0 aliphatic heterocycles. The average Bonchev–Trinajstić information content (AvgIpc) is 2.82. The predicted molar refractivity (Wildman–Crippen MR) is 103 cm³/mol. The summed E-state index contributed by atoms with van der Waals surface area (Å²) in [7, 11) is 0. The molecule has 1 rings (SSSR count). The summed E-state index contributed by atoms with van der Waals surface area (Å²) < 4.78 is 0. The number of carbonyl (C=O) groups is 1. The van der Waals surface area contributed by atoms with Gasteiger partial charge >= 0.3 is 5.97 Å². The number of hydrogen-bond donors (Lipinski definition) is 4. The molecule has 26 heavy (non-hydrogen) atoms. The van der Waals surface area contributed by atoms with Crippen LogP contribution in [0.4, 0.5) is 0 Å². The monoisotopic (exact) mass is 368 g/mol. The second-order valence-corrected chi connectivity index (χ2v) is 7.78. The molecule has 0 aromatic heterocycles. The summed E-state index contributed by atoms with van der Waals surface area (Å²) in [6, 6.07) is 0. The van der Waals surface area contributed by atoms with Gasteiger partial charge in [-0.2, -0.15) is 0 Å². The van der Waals surface area contributed by atoms with Crippen LogP contribution in [0.5, 0.6) is 0 Å². The van der Waals surface area contributed by atoms with Crippen LogP contribution in [0.25, 0.3) is 0 Å². The fraction of sp³-hybridized carbons (Fsp3) is 0.762. The van der Waals surface area contributed by atoms with Gasteiger partial charge in [-0.3, -0.25) is 4.79 Å². The molecule has 0 amide bonds. The first-order valence-electron chi connectivity index (χ1n) is 9.91. The fourth-order valence-corrected chi connectivity index (χ4v) is 3.58. The highest BCUT2D eigenvalue weighted by molar-refractivity contribution is 5.66. The lowest BCUT2D eigenvalue weighted by Crippen LogP contribution is -2.24. The molecule has 5 nitrogen and oxygen atoms in total. The number of aliphatic carboxylic acids is 1. The van der Waals surface area contributed by atoms with E-state index in [2.05, 4.69) is 6.92 Å². The maximum atomic E-state index is 10.5. The van der Waals surface area contributed by atoms with Crippen molar-refractivity contribution in [3.8, 4) is 0 Å². The quantitative estimate of drug-likeness (QED) is 0.312. The van der Waals surface area contributed by atoms with Gasteiger partial charge in [0.15, 0.2) is 0 Å². The van der Waals surface area contributed by atoms with Crippen molar-refractivity contribution in [2.45, 2.75) is 89.4 Å². The summed E-state index contributed by atoms with van der Waals surface area (Å²) in [5.74, 6) is -1.04. The van der Waals surface area contributed by atoms with Crippen LogP contribution < -0.4 is 0 Å². The molecular weight excluding hydrogens is 332 g/mol. The first kappa shape index (κ1) is 22.9. The lowest BCUT2D eigenvalue weighted by atomic mass is 9.88. The van der Waals surface area contributed by atoms with Crippen LogP contribution >= 0.6 is 0 Å². The smallest absolute Gasteiger partial charge is 0.303 e. The van der Waals surface area contributed by atoms with Gasteiger partial charge in [0.05, 0.1) is 17.8 Å². The van der Waals surface area contributed by atoms with Crippen molar-refractivity contribution in [2.24, 2.45) is 11.8 Å². The second-order valence-electron chi connectivity index (χ2n) is 7.78. The number of allylic oxidation sites excluding steroid dienone is 2. The van der Waals surface area contributed by atoms with E-state index in [4.69, 9.17) is 5.11 Å². The van der Waals surface area contributed by atoms with Gasteiger partial charge in [-0.15, -0.1) is 0 Å². The molecule has 0 heterocycles. The summed E-state index contributed by atoms with van der Waals surface area (Å²) in [5.41, 5.74) is -0.889. The van der Waals surface area contributed by atoms with Gasteiger partial charge in [0.25, 0.3) is 0 Å². The molecule has 1 saturated carbocycles. The Balaban J connectivity index is 2.56. The minimum absolute atomic E-state index is 0.0802. The van der Waals surface area contributed by atoms with E-state index in [0.717, 1.165) is 19.3 Å². The Morgan fingerprint density at radius 2 is 1.88 bits per heavy atom. The molecule has 1 unspecified atom stereocenters. The lowest BCUT2D eigenvalue weighted by molar-refractivity contribution is -0.137. The maximum Gasteiger partial charge on any atom is 0.303 e. The Hall–Kier alpha value is -1.17. The number of carboxylic acid groups (broad SMARTS) is 1. The van der Waals surface area contributed by atoms with Gasteiger partial charge in [-0.1, -0.05) is 50.5 Å². The van der Waals surface area contributed by atoms with E-state index in [1.165, 1.54) is 0 Å². The minimum atomic E-state index is -0.889. The van der Waals surface area contributed by atoms with Gasteiger partial charge in [-0.25, -0.2) is 0 Å². The molecule has 150 valence electrons. The molecule has 1 aliphatic rings. The van der Waals surface area contributed by atoms with E-state index >= 15 is 0 Å². The number of carboxylic acids is 1. The van der Waals surface area contributed by atoms with E-state index in [1.807, 2.05) is 18.2 Å². The van der Waals surface area contributed by atoms with Gasteiger partial charge in [-0.05, 0) is 38.5 Å². The molecule has 0 spiro atoms. The van der Waals surface area contributed by atoms with E-state index in [0.29, 0.717) is 32.1 Å². The van der Waals surface area contributed by atoms with Gasteiger partial charge < -0.3 is 20.4 Å². The standard InChI is InChI=1S/C21H36O5/c1-3-4-9-13-21(2,26)14-12-17-16(18(22)15-19(17)23)10-7-5-6-8-11-20(24)25/h5,7,12,14,16-19,22-23,26H,3-4,6,8-11,13,15H2,1-2H3,(H,24,25)/b7-5-,14-12+/t16-,17?,18+,19-,21+/m1/s1. The largest absolute Gasteiger partial charge is 0.481 e. The zero-order valence-electron chi connectivity index (χ0n) is 16.2. The SMILES string of the molecule is CCCCC[C@](C)(O)/C=C/C1[C@H](O)C[C@H](O)[C@@H]1C/C=C\CCCC(=O)O. The zero-order valence-corrected chi connectivity index (χ0v) is 16.2. The maximum absolute atomic E-state index is 10.5. The number of unbranched alkanes of at least 4 members (excludes halogenated alkanes) is 3. The fourth-order valence-electron chi connectivity index (χ4n) is 3.58. The molecule has 1 fully saturated rings. The number of rotatable bonds is 12. The summed E-state index contributed by atoms with van der Waals surface area (Å²) in [6.45, 7) is 3.91. The Morgan fingerprint density at radius 1 is 1.15 bits per heavy atom. The Morgan fingerprint density at radius 3 is 2.54 bits per heavy atom. The van der Waals surface area contributed by atoms with Crippen LogP contribution in [0.15, 0.2) is 24.3 Å². The second kappa shape index (κ2) is 11.5. The number of aliphatic hydroxyl groups excluding tert-OH is 2. The van der Waals surface area contributed by atoms with E-state index in [-0.39, 0.29) is 18.3 Å². The molecular formula is C21H36O5. The molecule has 0 saturated heterocycles. The summed E-state index contributed by atoms with van der Waals surface area (Å²) >= 11 is 0. The molecule has 0 aromatic rings. The number of hydrogen-bond acceptors (Lipinski definition) is 4. The molecule has 0 aromatic carbocycles. The van der Waals surface area contributed by atoms with E-state index in [9.17, 15) is 20.1 Å². The van der Waals surface area contributed by atoms with Crippen LogP contribution in [0.3, 0.4) is 0 Å². The van der Waals surface area contributed by atoms with Gasteiger partial charge in [0.2, 0.25) is 0 Å². The van der Waals surface area contributed by atoms with E-state index < -0.39 is 23.8 Å². The van der Waals surface area contributed by atoms with Crippen molar-refractivity contribution in [3.05, 3.63) is 24.3 Å². The first-order valence-corrected chi connectivity index (χ1v) is 9.91. The highest BCUT2D eigenvalue weighted by atomic mass is 16.4. The average molecular weight is 369 g/mol. The van der Waals surface area contributed by atoms with Gasteiger partial charge in [0.1, 0.15) is 0 Å². The van der Waals surface area contributed by atoms with Crippen molar-refractivity contribution in [2.75, 3.05) is 0 Å². The Kier molecular flexibility index (Phi) is 10.1. The molecule has 0 bridgehead atoms. The van der Waals surface area contributed by atoms with Gasteiger partial charge in [0, 0.05) is 18.8 Å². The Labute approximate surface area is 157 Å². The predicted octanol–water partition coefficient (Wildman–Crippen LogP) is 3.43. The van der Waals surface area contributed by atoms with Crippen LogP contribution in [0, 0.1) is 11.8 Å². The van der Waals surface area contributed by atoms with Crippen molar-refractivity contribution < 1.29 is 25.2 Å². The highest BCUT2D eigenvalue weighted by Gasteiger charge is 2.39. The third kappa shape index (κ3) is 8.47. The molecule has 1 aliphatic carbocycles. The van der Waals surface area contributed by atoms with Crippen LogP contribution in [-0.4, -0.2) is 44.2 Å². The minimum Gasteiger partial charge on any atom is -0.481 e. The third-order valence-corrected chi connectivity index (χ3v) is 5.22. The van der Waals surface area contributed by atoms with E-state index in [1.54, 1.807) is 13.0 Å². The highest BCUT2D eigenvalue weighted by Crippen LogP contribution is 2.37. The summed E-state index contributed by atoms with van der Waals surface area (Å²) in [6.07, 6.45) is 12.7. The topological polar surface area (TPSA) is 98.0 Å². The van der Waals surface area contributed by atoms with Crippen LogP contribution in [-0.2, 0) is 4.79 Å². The van der Waals surface area contributed by atoms with Crippen molar-refractivity contribution >= 4 is 5.97 Å². The van der Waals surface area contributed by atoms with Crippen LogP contribution in [0.2, 0.25) is 0 Å². The third-order valence-electron chi connectivity index (χ3n) is 5.22. The van der Waals surface area contributed by atoms with Crippen molar-refractivity contribution in [1.29, 1.82) is 0 Å². The van der Waals surface area contributed by atoms with Crippen LogP contribution in [0.1, 0.15) is 71.6 Å². The summed E-state index contributed by atoms with van der Waals surface area (Å²) in [4.78, 5) is 10.5. The number of aliphatic hydroxyl groups is 3. The zero-order chi connectivity index (χ0) is 19.6. The molecule has 0 radical (unpaired) electrons. The molecule has 5 atom stereocenters. The normalized spacial score (nSPS) is 28.8. The lowest BCUT2D eigenvalue weighted by Gasteiger charge is -2.23. The van der Waals surface area contributed by atoms with Crippen molar-refractivity contribution in [1.82, 2.24) is 0 Å². The summed E-state index contributed by atoms with van der Waals surface area (Å²) in [5, 5.41) is 39.6. The molecule has 4 N–H and O–H groups in total.